The van der Waals surface area contributed by atoms with E-state index in [1.54, 1.807) is 0 Å². The molecule has 1 aromatic rings. The summed E-state index contributed by atoms with van der Waals surface area (Å²) in [7, 11) is 0. The lowest BCUT2D eigenvalue weighted by Crippen LogP contribution is -2.19. The van der Waals surface area contributed by atoms with E-state index in [2.05, 4.69) is 4.74 Å². The normalized spacial score (nSPS) is 11.6. The van der Waals surface area contributed by atoms with Gasteiger partial charge in [-0.1, -0.05) is 12.1 Å². The molecule has 0 unspecified atom stereocenters. The van der Waals surface area contributed by atoms with Gasteiger partial charge >= 0.3 is 6.18 Å². The van der Waals surface area contributed by atoms with Crippen molar-refractivity contribution in [2.24, 2.45) is 5.73 Å². The minimum atomic E-state index is -4.44. The van der Waals surface area contributed by atoms with Crippen molar-refractivity contribution < 1.29 is 27.0 Å². The van der Waals surface area contributed by atoms with Crippen LogP contribution in [0.25, 0.3) is 0 Å². The quantitative estimate of drug-likeness (QED) is 0.497. The van der Waals surface area contributed by atoms with Gasteiger partial charge in [-0.25, -0.2) is 4.39 Å². The lowest BCUT2D eigenvalue weighted by Gasteiger charge is -2.12. The van der Waals surface area contributed by atoms with Gasteiger partial charge in [-0.15, -0.1) is 0 Å². The highest BCUT2D eigenvalue weighted by atomic mass is 19.4. The third-order valence-electron chi connectivity index (χ3n) is 1.82. The fourth-order valence-corrected chi connectivity index (χ4v) is 1.13. The van der Waals surface area contributed by atoms with E-state index in [0.29, 0.717) is 5.56 Å². The topological polar surface area (TPSA) is 44.5 Å². The zero-order valence-corrected chi connectivity index (χ0v) is 8.76. The summed E-state index contributed by atoms with van der Waals surface area (Å²) >= 11 is 0. The van der Waals surface area contributed by atoms with Crippen LogP contribution in [0.15, 0.2) is 18.2 Å². The van der Waals surface area contributed by atoms with E-state index in [4.69, 9.17) is 10.5 Å². The molecule has 0 aliphatic rings. The van der Waals surface area contributed by atoms with Gasteiger partial charge in [0.25, 0.3) is 0 Å². The van der Waals surface area contributed by atoms with Gasteiger partial charge in [0.15, 0.2) is 18.4 Å². The molecule has 0 saturated heterocycles. The lowest BCUT2D eigenvalue weighted by atomic mass is 10.2. The van der Waals surface area contributed by atoms with Crippen molar-refractivity contribution in [2.45, 2.75) is 12.7 Å². The zero-order chi connectivity index (χ0) is 12.9. The van der Waals surface area contributed by atoms with Crippen molar-refractivity contribution in [1.82, 2.24) is 0 Å². The molecular weight excluding hydrogens is 242 g/mol. The maximum atomic E-state index is 13.2. The summed E-state index contributed by atoms with van der Waals surface area (Å²) < 4.78 is 57.4. The van der Waals surface area contributed by atoms with Crippen LogP contribution in [0.1, 0.15) is 5.56 Å². The highest BCUT2D eigenvalue weighted by molar-refractivity contribution is 5.34. The summed E-state index contributed by atoms with van der Waals surface area (Å²) in [5, 5.41) is 0. The first-order valence-corrected chi connectivity index (χ1v) is 4.69. The average molecular weight is 253 g/mol. The van der Waals surface area contributed by atoms with Crippen LogP contribution in [0.3, 0.4) is 0 Å². The molecule has 3 nitrogen and oxygen atoms in total. The second-order valence-corrected chi connectivity index (χ2v) is 3.16. The predicted octanol–water partition coefficient (Wildman–Crippen LogP) is 2.20. The van der Waals surface area contributed by atoms with E-state index in [9.17, 15) is 17.6 Å². The number of benzene rings is 1. The summed E-state index contributed by atoms with van der Waals surface area (Å²) in [6, 6.07) is 4.07. The third kappa shape index (κ3) is 4.58. The molecule has 1 aromatic carbocycles. The Bertz CT molecular complexity index is 368. The van der Waals surface area contributed by atoms with Crippen LogP contribution < -0.4 is 10.5 Å². The number of hydrogen-bond donors (Lipinski definition) is 1. The molecule has 0 saturated carbocycles. The molecule has 0 fully saturated rings. The molecule has 0 aliphatic carbocycles. The Morgan fingerprint density at radius 3 is 2.53 bits per heavy atom. The number of rotatable bonds is 5. The van der Waals surface area contributed by atoms with Crippen LogP contribution in [-0.4, -0.2) is 19.6 Å². The van der Waals surface area contributed by atoms with Crippen LogP contribution >= 0.6 is 0 Å². The molecule has 2 N–H and O–H groups in total. The third-order valence-corrected chi connectivity index (χ3v) is 1.82. The van der Waals surface area contributed by atoms with Crippen LogP contribution in [0.5, 0.6) is 5.75 Å². The first-order chi connectivity index (χ1) is 7.94. The van der Waals surface area contributed by atoms with E-state index < -0.39 is 25.4 Å². The Morgan fingerprint density at radius 2 is 1.94 bits per heavy atom. The standard InChI is InChI=1S/C10H11F4NO2/c11-8-3-1-2-7(4-15)9(8)17-6-16-5-10(12,13)14/h1-3H,4-6,15H2. The molecule has 7 heteroatoms. The first kappa shape index (κ1) is 13.7. The smallest absolute Gasteiger partial charge is 0.411 e. The number of ether oxygens (including phenoxy) is 2. The minimum Gasteiger partial charge on any atom is -0.464 e. The highest BCUT2D eigenvalue weighted by Crippen LogP contribution is 2.22. The van der Waals surface area contributed by atoms with Crippen molar-refractivity contribution in [3.8, 4) is 5.75 Å². The van der Waals surface area contributed by atoms with Crippen molar-refractivity contribution in [2.75, 3.05) is 13.4 Å². The molecule has 0 spiro atoms. The summed E-state index contributed by atoms with van der Waals surface area (Å²) in [5.74, 6) is -0.874. The molecule has 0 aromatic heterocycles. The van der Waals surface area contributed by atoms with Crippen LogP contribution in [-0.2, 0) is 11.3 Å². The molecule has 96 valence electrons. The Hall–Kier alpha value is -1.34. The maximum Gasteiger partial charge on any atom is 0.411 e. The van der Waals surface area contributed by atoms with Crippen molar-refractivity contribution in [3.05, 3.63) is 29.6 Å². The minimum absolute atomic E-state index is 0.0202. The number of para-hydroxylation sites is 1. The molecule has 0 radical (unpaired) electrons. The highest BCUT2D eigenvalue weighted by Gasteiger charge is 2.27. The fourth-order valence-electron chi connectivity index (χ4n) is 1.13. The lowest BCUT2D eigenvalue weighted by molar-refractivity contribution is -0.187. The van der Waals surface area contributed by atoms with Gasteiger partial charge in [0, 0.05) is 12.1 Å². The van der Waals surface area contributed by atoms with Gasteiger partial charge in [0.1, 0.15) is 6.61 Å². The number of nitrogens with two attached hydrogens (primary N) is 1. The van der Waals surface area contributed by atoms with Crippen LogP contribution in [0.4, 0.5) is 17.6 Å². The van der Waals surface area contributed by atoms with Gasteiger partial charge < -0.3 is 15.2 Å². The average Bonchev–Trinajstić information content (AvgIpc) is 2.24. The van der Waals surface area contributed by atoms with E-state index >= 15 is 0 Å². The first-order valence-electron chi connectivity index (χ1n) is 4.69. The Morgan fingerprint density at radius 1 is 1.24 bits per heavy atom. The van der Waals surface area contributed by atoms with Crippen LogP contribution in [0.2, 0.25) is 0 Å². The van der Waals surface area contributed by atoms with E-state index in [0.717, 1.165) is 6.07 Å². The molecule has 1 rings (SSSR count). The van der Waals surface area contributed by atoms with E-state index in [1.165, 1.54) is 12.1 Å². The molecule has 0 atom stereocenters. The summed E-state index contributed by atoms with van der Waals surface area (Å²) in [5.41, 5.74) is 5.69. The largest absolute Gasteiger partial charge is 0.464 e. The maximum absolute atomic E-state index is 13.2. The SMILES string of the molecule is NCc1cccc(F)c1OCOCC(F)(F)F. The number of alkyl halides is 3. The molecular formula is C10H11F4NO2. The fraction of sp³-hybridized carbons (Fsp3) is 0.400. The molecule has 0 amide bonds. The second kappa shape index (κ2) is 5.83. The van der Waals surface area contributed by atoms with Gasteiger partial charge in [-0.2, -0.15) is 13.2 Å². The van der Waals surface area contributed by atoms with E-state index in [1.807, 2.05) is 0 Å². The van der Waals surface area contributed by atoms with Gasteiger partial charge in [0.05, 0.1) is 0 Å². The predicted molar refractivity (Wildman–Crippen MR) is 51.8 cm³/mol. The monoisotopic (exact) mass is 253 g/mol. The number of halogens is 4. The van der Waals surface area contributed by atoms with Crippen molar-refractivity contribution in [3.63, 3.8) is 0 Å². The number of hydrogen-bond acceptors (Lipinski definition) is 3. The van der Waals surface area contributed by atoms with Crippen LogP contribution in [0, 0.1) is 5.82 Å². The van der Waals surface area contributed by atoms with E-state index in [-0.39, 0.29) is 12.3 Å². The Kier molecular flexibility index (Phi) is 4.71. The molecule has 0 heterocycles. The molecule has 0 aliphatic heterocycles. The second-order valence-electron chi connectivity index (χ2n) is 3.16. The molecule has 17 heavy (non-hydrogen) atoms. The summed E-state index contributed by atoms with van der Waals surface area (Å²) in [6.45, 7) is -2.11. The van der Waals surface area contributed by atoms with Crippen molar-refractivity contribution in [1.29, 1.82) is 0 Å². The molecule has 0 bridgehead atoms. The summed E-state index contributed by atoms with van der Waals surface area (Å²) in [6.07, 6.45) is -4.44. The van der Waals surface area contributed by atoms with Gasteiger partial charge in [0.2, 0.25) is 0 Å². The van der Waals surface area contributed by atoms with Crippen molar-refractivity contribution >= 4 is 0 Å². The Balaban J connectivity index is 2.52. The van der Waals surface area contributed by atoms with Gasteiger partial charge in [-0.3, -0.25) is 0 Å². The Labute approximate surface area is 95.1 Å². The zero-order valence-electron chi connectivity index (χ0n) is 8.76. The van der Waals surface area contributed by atoms with Gasteiger partial charge in [-0.05, 0) is 6.07 Å². The summed E-state index contributed by atoms with van der Waals surface area (Å²) in [4.78, 5) is 0.